The van der Waals surface area contributed by atoms with E-state index >= 15 is 0 Å². The first-order chi connectivity index (χ1) is 10.1. The van der Waals surface area contributed by atoms with Crippen LogP contribution in [0.2, 0.25) is 0 Å². The number of fused-ring (bicyclic) bond motifs is 1. The Hall–Kier alpha value is -1.05. The molecule has 0 spiro atoms. The summed E-state index contributed by atoms with van der Waals surface area (Å²) in [6.07, 6.45) is 9.13. The van der Waals surface area contributed by atoms with Crippen LogP contribution in [0.15, 0.2) is 23.3 Å². The average Bonchev–Trinajstić information content (AvgIpc) is 2.78. The molecule has 0 aromatic heterocycles. The molecule has 0 bridgehead atoms. The molecule has 0 aromatic carbocycles. The van der Waals surface area contributed by atoms with Crippen LogP contribution in [0.4, 0.5) is 0 Å². The van der Waals surface area contributed by atoms with Crippen molar-refractivity contribution in [2.45, 2.75) is 67.2 Å². The van der Waals surface area contributed by atoms with Crippen LogP contribution >= 0.6 is 0 Å². The van der Waals surface area contributed by atoms with Gasteiger partial charge in [0, 0.05) is 12.5 Å². The van der Waals surface area contributed by atoms with Gasteiger partial charge in [0.25, 0.3) is 0 Å². The average molecular weight is 303 g/mol. The zero-order valence-corrected chi connectivity index (χ0v) is 15.3. The van der Waals surface area contributed by atoms with Gasteiger partial charge in [-0.3, -0.25) is 4.79 Å². The molecule has 1 amide bonds. The van der Waals surface area contributed by atoms with Gasteiger partial charge in [0.1, 0.15) is 0 Å². The zero-order chi connectivity index (χ0) is 16.5. The largest absolute Gasteiger partial charge is 0.356 e. The molecule has 0 saturated carbocycles. The second-order valence-electron chi connectivity index (χ2n) is 8.84. The van der Waals surface area contributed by atoms with Gasteiger partial charge in [-0.1, -0.05) is 57.9 Å². The summed E-state index contributed by atoms with van der Waals surface area (Å²) in [6, 6.07) is 0. The van der Waals surface area contributed by atoms with Gasteiger partial charge < -0.3 is 5.32 Å². The fraction of sp³-hybridized carbons (Fsp3) is 0.750. The lowest BCUT2D eigenvalue weighted by atomic mass is 9.70. The number of hydrogen-bond donors (Lipinski definition) is 1. The smallest absolute Gasteiger partial charge is 0.223 e. The van der Waals surface area contributed by atoms with Crippen molar-refractivity contribution in [3.63, 3.8) is 0 Å². The normalized spacial score (nSPS) is 26.5. The molecular weight excluding hydrogens is 270 g/mol. The zero-order valence-electron chi connectivity index (χ0n) is 15.3. The van der Waals surface area contributed by atoms with Crippen LogP contribution in [-0.4, -0.2) is 12.5 Å². The highest BCUT2D eigenvalue weighted by atomic mass is 16.2. The molecule has 0 radical (unpaired) electrons. The maximum absolute atomic E-state index is 11.9. The summed E-state index contributed by atoms with van der Waals surface area (Å²) in [5.41, 5.74) is 3.43. The van der Waals surface area contributed by atoms with E-state index in [2.05, 4.69) is 59.0 Å². The molecule has 0 aromatic rings. The molecule has 1 heterocycles. The van der Waals surface area contributed by atoms with Crippen molar-refractivity contribution in [1.29, 1.82) is 0 Å². The molecule has 1 aliphatic carbocycles. The minimum Gasteiger partial charge on any atom is -0.356 e. The van der Waals surface area contributed by atoms with Crippen molar-refractivity contribution in [3.05, 3.63) is 23.3 Å². The van der Waals surface area contributed by atoms with Crippen LogP contribution in [-0.2, 0) is 4.79 Å². The first kappa shape index (κ1) is 17.3. The van der Waals surface area contributed by atoms with Crippen molar-refractivity contribution in [3.8, 4) is 0 Å². The summed E-state index contributed by atoms with van der Waals surface area (Å²) in [4.78, 5) is 11.9. The second-order valence-corrected chi connectivity index (χ2v) is 8.84. The summed E-state index contributed by atoms with van der Waals surface area (Å²) in [5.74, 6) is 1.04. The third-order valence-electron chi connectivity index (χ3n) is 5.82. The van der Waals surface area contributed by atoms with Crippen molar-refractivity contribution in [2.24, 2.45) is 22.7 Å². The lowest BCUT2D eigenvalue weighted by Crippen LogP contribution is -2.27. The molecule has 2 aliphatic rings. The number of nitrogens with one attached hydrogen (secondary N) is 1. The van der Waals surface area contributed by atoms with E-state index in [1.54, 1.807) is 0 Å². The number of hydrogen-bond acceptors (Lipinski definition) is 1. The van der Waals surface area contributed by atoms with Gasteiger partial charge in [0.15, 0.2) is 0 Å². The van der Waals surface area contributed by atoms with E-state index < -0.39 is 0 Å². The first-order valence-corrected chi connectivity index (χ1v) is 8.76. The standard InChI is InChI=1S/C20H33NO/c1-14(19(2,3)4)8-7-11-20(5,6)16-10-9-15-13-21-18(22)17(15)12-16/h8,10,15,17H,7,9,11-13H2,1-6H3,(H,21,22)/b14-8+. The van der Waals surface area contributed by atoms with Crippen molar-refractivity contribution < 1.29 is 4.79 Å². The van der Waals surface area contributed by atoms with Crippen LogP contribution < -0.4 is 5.32 Å². The van der Waals surface area contributed by atoms with Crippen LogP contribution in [0.3, 0.4) is 0 Å². The Bertz CT molecular complexity index is 490. The molecule has 2 rings (SSSR count). The topological polar surface area (TPSA) is 29.1 Å². The quantitative estimate of drug-likeness (QED) is 0.738. The van der Waals surface area contributed by atoms with Crippen LogP contribution in [0.5, 0.6) is 0 Å². The molecular formula is C20H33NO. The van der Waals surface area contributed by atoms with E-state index in [0.717, 1.165) is 32.2 Å². The number of rotatable bonds is 4. The molecule has 2 heteroatoms. The fourth-order valence-electron chi connectivity index (χ4n) is 3.51. The van der Waals surface area contributed by atoms with Gasteiger partial charge in [-0.05, 0) is 49.4 Å². The van der Waals surface area contributed by atoms with E-state index in [-0.39, 0.29) is 22.7 Å². The predicted molar refractivity (Wildman–Crippen MR) is 93.5 cm³/mol. The number of carbonyl (C=O) groups excluding carboxylic acids is 1. The minimum absolute atomic E-state index is 0.197. The Morgan fingerprint density at radius 1 is 1.32 bits per heavy atom. The van der Waals surface area contributed by atoms with Gasteiger partial charge >= 0.3 is 0 Å². The Kier molecular flexibility index (Phi) is 4.89. The second kappa shape index (κ2) is 6.22. The van der Waals surface area contributed by atoms with E-state index in [4.69, 9.17) is 0 Å². The van der Waals surface area contributed by atoms with Crippen LogP contribution in [0.25, 0.3) is 0 Å². The highest BCUT2D eigenvalue weighted by Crippen LogP contribution is 2.43. The minimum atomic E-state index is 0.197. The number of allylic oxidation sites excluding steroid dienone is 4. The Morgan fingerprint density at radius 3 is 2.64 bits per heavy atom. The lowest BCUT2D eigenvalue weighted by molar-refractivity contribution is -0.123. The van der Waals surface area contributed by atoms with Crippen molar-refractivity contribution in [1.82, 2.24) is 5.32 Å². The molecule has 1 saturated heterocycles. The number of amides is 1. The third kappa shape index (κ3) is 3.83. The molecule has 1 N–H and O–H groups in total. The summed E-state index contributed by atoms with van der Waals surface area (Å²) >= 11 is 0. The Morgan fingerprint density at radius 2 is 2.00 bits per heavy atom. The Labute approximate surface area is 136 Å². The van der Waals surface area contributed by atoms with Gasteiger partial charge in [-0.25, -0.2) is 0 Å². The summed E-state index contributed by atoms with van der Waals surface area (Å²) < 4.78 is 0. The number of carbonyl (C=O) groups is 1. The third-order valence-corrected chi connectivity index (χ3v) is 5.82. The monoisotopic (exact) mass is 303 g/mol. The van der Waals surface area contributed by atoms with E-state index in [1.807, 2.05) is 0 Å². The van der Waals surface area contributed by atoms with Gasteiger partial charge in [-0.15, -0.1) is 0 Å². The molecule has 2 unspecified atom stereocenters. The molecule has 1 fully saturated rings. The Balaban J connectivity index is 1.97. The van der Waals surface area contributed by atoms with Crippen molar-refractivity contribution >= 4 is 5.91 Å². The molecule has 22 heavy (non-hydrogen) atoms. The molecule has 1 aliphatic heterocycles. The fourth-order valence-corrected chi connectivity index (χ4v) is 3.51. The highest BCUT2D eigenvalue weighted by molar-refractivity contribution is 5.81. The maximum atomic E-state index is 11.9. The SMILES string of the molecule is C/C(=C\CCC(C)(C)C1=CCC2CNC(=O)C2C1)C(C)(C)C. The molecule has 2 nitrogen and oxygen atoms in total. The van der Waals surface area contributed by atoms with E-state index in [9.17, 15) is 4.79 Å². The van der Waals surface area contributed by atoms with Crippen LogP contribution in [0, 0.1) is 22.7 Å². The summed E-state index contributed by atoms with van der Waals surface area (Å²) in [6.45, 7) is 14.6. The lowest BCUT2D eigenvalue weighted by Gasteiger charge is -2.34. The van der Waals surface area contributed by atoms with Gasteiger partial charge in [0.05, 0.1) is 0 Å². The van der Waals surface area contributed by atoms with Gasteiger partial charge in [-0.2, -0.15) is 0 Å². The highest BCUT2D eigenvalue weighted by Gasteiger charge is 2.39. The van der Waals surface area contributed by atoms with Gasteiger partial charge in [0.2, 0.25) is 5.91 Å². The molecule has 124 valence electrons. The maximum Gasteiger partial charge on any atom is 0.223 e. The summed E-state index contributed by atoms with van der Waals surface area (Å²) in [7, 11) is 0. The first-order valence-electron chi connectivity index (χ1n) is 8.76. The summed E-state index contributed by atoms with van der Waals surface area (Å²) in [5, 5.41) is 3.03. The van der Waals surface area contributed by atoms with Crippen LogP contribution in [0.1, 0.15) is 67.2 Å². The van der Waals surface area contributed by atoms with Crippen molar-refractivity contribution in [2.75, 3.05) is 6.54 Å². The predicted octanol–water partition coefficient (Wildman–Crippen LogP) is 4.87. The van der Waals surface area contributed by atoms with E-state index in [1.165, 1.54) is 11.1 Å². The molecule has 2 atom stereocenters. The van der Waals surface area contributed by atoms with E-state index in [0.29, 0.717) is 5.92 Å².